The second-order valence-electron chi connectivity index (χ2n) is 3.16. The lowest BCUT2D eigenvalue weighted by atomic mass is 10.1. The van der Waals surface area contributed by atoms with E-state index in [0.29, 0.717) is 12.1 Å². The molecule has 1 aromatic rings. The van der Waals surface area contributed by atoms with Crippen molar-refractivity contribution in [1.29, 1.82) is 0 Å². The first-order valence-electron chi connectivity index (χ1n) is 4.71. The summed E-state index contributed by atoms with van der Waals surface area (Å²) >= 11 is 0. The third-order valence-corrected chi connectivity index (χ3v) is 1.97. The summed E-state index contributed by atoms with van der Waals surface area (Å²) in [6.07, 6.45) is -0.538. The number of aliphatic hydroxyl groups is 1. The molecule has 1 rings (SSSR count). The van der Waals surface area contributed by atoms with Crippen LogP contribution < -0.4 is 5.32 Å². The molecular formula is C11H15NO2. The largest absolute Gasteiger partial charge is 0.389 e. The van der Waals surface area contributed by atoms with Crippen molar-refractivity contribution in [3.05, 3.63) is 35.4 Å². The van der Waals surface area contributed by atoms with E-state index < -0.39 is 6.10 Å². The summed E-state index contributed by atoms with van der Waals surface area (Å²) in [7, 11) is 0. The van der Waals surface area contributed by atoms with Gasteiger partial charge in [0.05, 0.1) is 6.10 Å². The van der Waals surface area contributed by atoms with Crippen LogP contribution in [0.5, 0.6) is 0 Å². The molecule has 0 spiro atoms. The molecule has 0 unspecified atom stereocenters. The van der Waals surface area contributed by atoms with Gasteiger partial charge in [-0.1, -0.05) is 12.1 Å². The van der Waals surface area contributed by atoms with E-state index in [9.17, 15) is 9.90 Å². The maximum atomic E-state index is 11.4. The molecule has 3 nitrogen and oxygen atoms in total. The lowest BCUT2D eigenvalue weighted by Crippen LogP contribution is -2.22. The summed E-state index contributed by atoms with van der Waals surface area (Å²) < 4.78 is 0. The van der Waals surface area contributed by atoms with Crippen molar-refractivity contribution in [1.82, 2.24) is 5.32 Å². The second kappa shape index (κ2) is 4.77. The molecule has 0 saturated carbocycles. The van der Waals surface area contributed by atoms with E-state index in [2.05, 4.69) is 5.32 Å². The van der Waals surface area contributed by atoms with Crippen LogP contribution in [-0.2, 0) is 0 Å². The zero-order chi connectivity index (χ0) is 10.6. The summed E-state index contributed by atoms with van der Waals surface area (Å²) in [5, 5.41) is 12.0. The molecule has 1 amide bonds. The Labute approximate surface area is 83.8 Å². The zero-order valence-electron chi connectivity index (χ0n) is 8.45. The maximum Gasteiger partial charge on any atom is 0.251 e. The third-order valence-electron chi connectivity index (χ3n) is 1.97. The molecule has 2 N–H and O–H groups in total. The highest BCUT2D eigenvalue weighted by Gasteiger charge is 2.06. The fraction of sp³-hybridized carbons (Fsp3) is 0.364. The van der Waals surface area contributed by atoms with Crippen molar-refractivity contribution >= 4 is 5.91 Å². The number of hydrogen-bond acceptors (Lipinski definition) is 2. The Morgan fingerprint density at radius 2 is 2.29 bits per heavy atom. The molecular weight excluding hydrogens is 178 g/mol. The van der Waals surface area contributed by atoms with Crippen molar-refractivity contribution in [2.45, 2.75) is 20.0 Å². The molecule has 0 radical (unpaired) electrons. The Morgan fingerprint density at radius 1 is 1.57 bits per heavy atom. The first-order valence-corrected chi connectivity index (χ1v) is 4.71. The van der Waals surface area contributed by atoms with Gasteiger partial charge in [-0.25, -0.2) is 0 Å². The van der Waals surface area contributed by atoms with Gasteiger partial charge in [0, 0.05) is 12.1 Å². The first-order chi connectivity index (χ1) is 6.65. The van der Waals surface area contributed by atoms with E-state index in [-0.39, 0.29) is 5.91 Å². The minimum atomic E-state index is -0.538. The summed E-state index contributed by atoms with van der Waals surface area (Å²) in [5.74, 6) is -0.102. The number of aliphatic hydroxyl groups excluding tert-OH is 1. The summed E-state index contributed by atoms with van der Waals surface area (Å²) in [6.45, 7) is 4.16. The number of hydrogen-bond donors (Lipinski definition) is 2. The maximum absolute atomic E-state index is 11.4. The van der Waals surface area contributed by atoms with Crippen molar-refractivity contribution in [2.75, 3.05) is 6.54 Å². The Kier molecular flexibility index (Phi) is 3.65. The molecule has 0 saturated heterocycles. The monoisotopic (exact) mass is 193 g/mol. The summed E-state index contributed by atoms with van der Waals surface area (Å²) in [5.41, 5.74) is 1.35. The topological polar surface area (TPSA) is 49.3 Å². The Balaban J connectivity index is 2.88. The fourth-order valence-electron chi connectivity index (χ4n) is 1.20. The van der Waals surface area contributed by atoms with Crippen molar-refractivity contribution in [2.24, 2.45) is 0 Å². The SMILES string of the molecule is CCNC(=O)c1cccc([C@@H](C)O)c1. The molecule has 3 heteroatoms. The predicted molar refractivity (Wildman–Crippen MR) is 55.1 cm³/mol. The van der Waals surface area contributed by atoms with Gasteiger partial charge in [-0.05, 0) is 31.5 Å². The third kappa shape index (κ3) is 2.57. The van der Waals surface area contributed by atoms with Crippen molar-refractivity contribution in [3.8, 4) is 0 Å². The number of rotatable bonds is 3. The van der Waals surface area contributed by atoms with E-state index in [1.807, 2.05) is 6.92 Å². The molecule has 0 fully saturated rings. The highest BCUT2D eigenvalue weighted by atomic mass is 16.3. The summed E-state index contributed by atoms with van der Waals surface area (Å²) in [4.78, 5) is 11.4. The molecule has 0 aliphatic heterocycles. The smallest absolute Gasteiger partial charge is 0.251 e. The van der Waals surface area contributed by atoms with E-state index in [1.165, 1.54) is 0 Å². The van der Waals surface area contributed by atoms with Crippen LogP contribution in [0.15, 0.2) is 24.3 Å². The van der Waals surface area contributed by atoms with Crippen LogP contribution in [0.4, 0.5) is 0 Å². The predicted octanol–water partition coefficient (Wildman–Crippen LogP) is 1.49. The van der Waals surface area contributed by atoms with Crippen LogP contribution in [0.25, 0.3) is 0 Å². The Bertz CT molecular complexity index is 321. The van der Waals surface area contributed by atoms with Gasteiger partial charge in [0.1, 0.15) is 0 Å². The van der Waals surface area contributed by atoms with Gasteiger partial charge in [0.2, 0.25) is 0 Å². The van der Waals surface area contributed by atoms with Crippen LogP contribution in [0.2, 0.25) is 0 Å². The Hall–Kier alpha value is -1.35. The first kappa shape index (κ1) is 10.7. The molecule has 0 aliphatic rings. The normalized spacial score (nSPS) is 12.2. The molecule has 0 aromatic heterocycles. The Morgan fingerprint density at radius 3 is 2.86 bits per heavy atom. The molecule has 0 bridgehead atoms. The van der Waals surface area contributed by atoms with E-state index in [0.717, 1.165) is 5.56 Å². The number of carbonyl (C=O) groups is 1. The van der Waals surface area contributed by atoms with Gasteiger partial charge in [-0.2, -0.15) is 0 Å². The van der Waals surface area contributed by atoms with Crippen molar-refractivity contribution < 1.29 is 9.90 Å². The average molecular weight is 193 g/mol. The van der Waals surface area contributed by atoms with Gasteiger partial charge < -0.3 is 10.4 Å². The zero-order valence-corrected chi connectivity index (χ0v) is 8.45. The number of nitrogens with one attached hydrogen (secondary N) is 1. The van der Waals surface area contributed by atoms with Crippen LogP contribution in [-0.4, -0.2) is 17.6 Å². The van der Waals surface area contributed by atoms with Gasteiger partial charge in [0.25, 0.3) is 5.91 Å². The van der Waals surface area contributed by atoms with Gasteiger partial charge in [0.15, 0.2) is 0 Å². The van der Waals surface area contributed by atoms with Crippen LogP contribution in [0.3, 0.4) is 0 Å². The van der Waals surface area contributed by atoms with Crippen LogP contribution >= 0.6 is 0 Å². The van der Waals surface area contributed by atoms with Gasteiger partial charge in [-0.3, -0.25) is 4.79 Å². The number of benzene rings is 1. The van der Waals surface area contributed by atoms with Crippen LogP contribution in [0, 0.1) is 0 Å². The van der Waals surface area contributed by atoms with Gasteiger partial charge in [-0.15, -0.1) is 0 Å². The molecule has 0 aliphatic carbocycles. The lowest BCUT2D eigenvalue weighted by Gasteiger charge is -2.07. The minimum Gasteiger partial charge on any atom is -0.389 e. The highest BCUT2D eigenvalue weighted by Crippen LogP contribution is 2.13. The number of amides is 1. The average Bonchev–Trinajstić information content (AvgIpc) is 2.18. The minimum absolute atomic E-state index is 0.102. The van der Waals surface area contributed by atoms with E-state index in [4.69, 9.17) is 0 Å². The molecule has 1 aromatic carbocycles. The number of carbonyl (C=O) groups excluding carboxylic acids is 1. The molecule has 76 valence electrons. The fourth-order valence-corrected chi connectivity index (χ4v) is 1.20. The van der Waals surface area contributed by atoms with E-state index in [1.54, 1.807) is 31.2 Å². The standard InChI is InChI=1S/C11H15NO2/c1-3-12-11(14)10-6-4-5-9(7-10)8(2)13/h4-8,13H,3H2,1-2H3,(H,12,14)/t8-/m1/s1. The van der Waals surface area contributed by atoms with Crippen LogP contribution in [0.1, 0.15) is 35.9 Å². The quantitative estimate of drug-likeness (QED) is 0.764. The van der Waals surface area contributed by atoms with Crippen molar-refractivity contribution in [3.63, 3.8) is 0 Å². The molecule has 1 atom stereocenters. The molecule has 0 heterocycles. The summed E-state index contributed by atoms with van der Waals surface area (Å²) in [6, 6.07) is 7.01. The second-order valence-corrected chi connectivity index (χ2v) is 3.16. The molecule has 14 heavy (non-hydrogen) atoms. The van der Waals surface area contributed by atoms with Gasteiger partial charge >= 0.3 is 0 Å². The van der Waals surface area contributed by atoms with E-state index >= 15 is 0 Å². The lowest BCUT2D eigenvalue weighted by molar-refractivity contribution is 0.0955. The highest BCUT2D eigenvalue weighted by molar-refractivity contribution is 5.94.